The molecule has 0 amide bonds. The predicted octanol–water partition coefficient (Wildman–Crippen LogP) is 2.66. The predicted molar refractivity (Wildman–Crippen MR) is 74.2 cm³/mol. The van der Waals surface area contributed by atoms with Crippen LogP contribution in [0.3, 0.4) is 0 Å². The average Bonchev–Trinajstić information content (AvgIpc) is 2.46. The SMILES string of the molecule is OCC(Cc1ccccc1)NCc1ccc(F)cc1F. The molecular formula is C16H17F2NO. The number of aliphatic hydroxyl groups excluding tert-OH is 1. The van der Waals surface area contributed by atoms with Gasteiger partial charge in [0.1, 0.15) is 11.6 Å². The lowest BCUT2D eigenvalue weighted by Crippen LogP contribution is -2.34. The van der Waals surface area contributed by atoms with Gasteiger partial charge in [-0.1, -0.05) is 36.4 Å². The molecular weight excluding hydrogens is 260 g/mol. The largest absolute Gasteiger partial charge is 0.395 e. The zero-order valence-electron chi connectivity index (χ0n) is 11.0. The molecule has 0 radical (unpaired) electrons. The molecule has 4 heteroatoms. The zero-order chi connectivity index (χ0) is 14.4. The van der Waals surface area contributed by atoms with Gasteiger partial charge in [-0.3, -0.25) is 0 Å². The molecule has 1 unspecified atom stereocenters. The van der Waals surface area contributed by atoms with Crippen molar-refractivity contribution in [3.8, 4) is 0 Å². The quantitative estimate of drug-likeness (QED) is 0.851. The fourth-order valence-corrected chi connectivity index (χ4v) is 2.02. The maximum atomic E-state index is 13.5. The summed E-state index contributed by atoms with van der Waals surface area (Å²) in [5, 5.41) is 12.4. The van der Waals surface area contributed by atoms with Crippen molar-refractivity contribution in [3.63, 3.8) is 0 Å². The first-order chi connectivity index (χ1) is 9.69. The van der Waals surface area contributed by atoms with Gasteiger partial charge in [0, 0.05) is 24.2 Å². The van der Waals surface area contributed by atoms with E-state index >= 15 is 0 Å². The number of benzene rings is 2. The number of rotatable bonds is 6. The van der Waals surface area contributed by atoms with E-state index in [1.807, 2.05) is 30.3 Å². The van der Waals surface area contributed by atoms with Crippen LogP contribution in [-0.4, -0.2) is 17.8 Å². The van der Waals surface area contributed by atoms with E-state index in [1.54, 1.807) is 0 Å². The summed E-state index contributed by atoms with van der Waals surface area (Å²) >= 11 is 0. The van der Waals surface area contributed by atoms with Crippen LogP contribution in [0.5, 0.6) is 0 Å². The van der Waals surface area contributed by atoms with Crippen molar-refractivity contribution in [2.45, 2.75) is 19.0 Å². The van der Waals surface area contributed by atoms with E-state index < -0.39 is 11.6 Å². The molecule has 0 spiro atoms. The molecule has 0 saturated heterocycles. The molecule has 0 bridgehead atoms. The minimum absolute atomic E-state index is 0.0439. The lowest BCUT2D eigenvalue weighted by Gasteiger charge is -2.16. The second-order valence-electron chi connectivity index (χ2n) is 4.69. The van der Waals surface area contributed by atoms with Crippen molar-refractivity contribution in [1.29, 1.82) is 0 Å². The topological polar surface area (TPSA) is 32.3 Å². The first kappa shape index (κ1) is 14.6. The summed E-state index contributed by atoms with van der Waals surface area (Å²) in [5.74, 6) is -1.16. The highest BCUT2D eigenvalue weighted by Gasteiger charge is 2.10. The maximum absolute atomic E-state index is 13.5. The molecule has 0 aliphatic heterocycles. The fraction of sp³-hybridized carbons (Fsp3) is 0.250. The van der Waals surface area contributed by atoms with Gasteiger partial charge in [0.05, 0.1) is 6.61 Å². The molecule has 2 rings (SSSR count). The van der Waals surface area contributed by atoms with Gasteiger partial charge in [0.15, 0.2) is 0 Å². The van der Waals surface area contributed by atoms with Gasteiger partial charge in [-0.05, 0) is 18.1 Å². The summed E-state index contributed by atoms with van der Waals surface area (Å²) < 4.78 is 26.3. The van der Waals surface area contributed by atoms with Crippen molar-refractivity contribution in [3.05, 3.63) is 71.3 Å². The highest BCUT2D eigenvalue weighted by Crippen LogP contribution is 2.10. The lowest BCUT2D eigenvalue weighted by molar-refractivity contribution is 0.240. The third kappa shape index (κ3) is 4.11. The van der Waals surface area contributed by atoms with Crippen molar-refractivity contribution in [1.82, 2.24) is 5.32 Å². The van der Waals surface area contributed by atoms with Crippen LogP contribution >= 0.6 is 0 Å². The van der Waals surface area contributed by atoms with Gasteiger partial charge < -0.3 is 10.4 Å². The number of aliphatic hydroxyl groups is 1. The van der Waals surface area contributed by atoms with Crippen molar-refractivity contribution >= 4 is 0 Å². The van der Waals surface area contributed by atoms with Crippen molar-refractivity contribution in [2.24, 2.45) is 0 Å². The summed E-state index contributed by atoms with van der Waals surface area (Å²) in [6.45, 7) is 0.210. The minimum Gasteiger partial charge on any atom is -0.395 e. The van der Waals surface area contributed by atoms with Crippen LogP contribution in [-0.2, 0) is 13.0 Å². The Morgan fingerprint density at radius 2 is 1.80 bits per heavy atom. The second kappa shape index (κ2) is 7.12. The molecule has 20 heavy (non-hydrogen) atoms. The summed E-state index contributed by atoms with van der Waals surface area (Å²) in [7, 11) is 0. The molecule has 0 fully saturated rings. The maximum Gasteiger partial charge on any atom is 0.130 e. The Morgan fingerprint density at radius 3 is 2.45 bits per heavy atom. The first-order valence-corrected chi connectivity index (χ1v) is 6.51. The van der Waals surface area contributed by atoms with Crippen LogP contribution in [0, 0.1) is 11.6 Å². The van der Waals surface area contributed by atoms with E-state index in [4.69, 9.17) is 0 Å². The normalized spacial score (nSPS) is 12.3. The highest BCUT2D eigenvalue weighted by molar-refractivity contribution is 5.19. The Hall–Kier alpha value is -1.78. The zero-order valence-corrected chi connectivity index (χ0v) is 11.0. The van der Waals surface area contributed by atoms with E-state index in [-0.39, 0.29) is 19.2 Å². The number of nitrogens with one attached hydrogen (secondary N) is 1. The van der Waals surface area contributed by atoms with E-state index in [1.165, 1.54) is 12.1 Å². The molecule has 0 heterocycles. The highest BCUT2D eigenvalue weighted by atomic mass is 19.1. The van der Waals surface area contributed by atoms with Crippen molar-refractivity contribution in [2.75, 3.05) is 6.61 Å². The van der Waals surface area contributed by atoms with E-state index in [0.717, 1.165) is 11.6 Å². The molecule has 2 aromatic rings. The van der Waals surface area contributed by atoms with Crippen LogP contribution in [0.1, 0.15) is 11.1 Å². The van der Waals surface area contributed by atoms with E-state index in [0.29, 0.717) is 12.0 Å². The Balaban J connectivity index is 1.93. The van der Waals surface area contributed by atoms with Gasteiger partial charge in [0.25, 0.3) is 0 Å². The molecule has 2 nitrogen and oxygen atoms in total. The van der Waals surface area contributed by atoms with Gasteiger partial charge in [-0.25, -0.2) is 8.78 Å². The summed E-state index contributed by atoms with van der Waals surface area (Å²) in [6.07, 6.45) is 0.653. The fourth-order valence-electron chi connectivity index (χ4n) is 2.02. The smallest absolute Gasteiger partial charge is 0.130 e. The standard InChI is InChI=1S/C16H17F2NO/c17-14-7-6-13(16(18)9-14)10-19-15(11-20)8-12-4-2-1-3-5-12/h1-7,9,15,19-20H,8,10-11H2. The molecule has 2 N–H and O–H groups in total. The monoisotopic (exact) mass is 277 g/mol. The Morgan fingerprint density at radius 1 is 1.05 bits per heavy atom. The molecule has 1 atom stereocenters. The van der Waals surface area contributed by atoms with Crippen molar-refractivity contribution < 1.29 is 13.9 Å². The van der Waals surface area contributed by atoms with Crippen LogP contribution in [0.15, 0.2) is 48.5 Å². The van der Waals surface area contributed by atoms with Crippen LogP contribution < -0.4 is 5.32 Å². The van der Waals surface area contributed by atoms with Gasteiger partial charge in [-0.2, -0.15) is 0 Å². The van der Waals surface area contributed by atoms with E-state index in [9.17, 15) is 13.9 Å². The van der Waals surface area contributed by atoms with Gasteiger partial charge in [-0.15, -0.1) is 0 Å². The van der Waals surface area contributed by atoms with Gasteiger partial charge in [0.2, 0.25) is 0 Å². The summed E-state index contributed by atoms with van der Waals surface area (Å²) in [6, 6.07) is 13.1. The van der Waals surface area contributed by atoms with Gasteiger partial charge >= 0.3 is 0 Å². The van der Waals surface area contributed by atoms with Crippen LogP contribution in [0.25, 0.3) is 0 Å². The second-order valence-corrected chi connectivity index (χ2v) is 4.69. The average molecular weight is 277 g/mol. The molecule has 0 aliphatic rings. The summed E-state index contributed by atoms with van der Waals surface area (Å²) in [4.78, 5) is 0. The number of hydrogen-bond donors (Lipinski definition) is 2. The molecule has 106 valence electrons. The Bertz CT molecular complexity index is 545. The Labute approximate surface area is 117 Å². The number of halogens is 2. The third-order valence-electron chi connectivity index (χ3n) is 3.14. The minimum atomic E-state index is -0.589. The van der Waals surface area contributed by atoms with Crippen LogP contribution in [0.4, 0.5) is 8.78 Å². The summed E-state index contributed by atoms with van der Waals surface area (Å²) in [5.41, 5.74) is 1.48. The van der Waals surface area contributed by atoms with Crippen LogP contribution in [0.2, 0.25) is 0 Å². The number of hydrogen-bond acceptors (Lipinski definition) is 2. The third-order valence-corrected chi connectivity index (χ3v) is 3.14. The lowest BCUT2D eigenvalue weighted by atomic mass is 10.1. The molecule has 0 saturated carbocycles. The molecule has 0 aromatic heterocycles. The van der Waals surface area contributed by atoms with E-state index in [2.05, 4.69) is 5.32 Å². The molecule has 0 aliphatic carbocycles. The first-order valence-electron chi connectivity index (χ1n) is 6.51. The Kier molecular flexibility index (Phi) is 5.21. The molecule has 2 aromatic carbocycles.